The first-order valence-corrected chi connectivity index (χ1v) is 8.96. The zero-order valence-corrected chi connectivity index (χ0v) is 14.7. The zero-order valence-electron chi connectivity index (χ0n) is 14.7. The SMILES string of the molecule is Cc1cc(C(=O)N(c2ccccc2)C2CCCC2)ccc1-n1cnnn1. The van der Waals surface area contributed by atoms with Crippen molar-refractivity contribution in [2.24, 2.45) is 0 Å². The van der Waals surface area contributed by atoms with Gasteiger partial charge in [-0.2, -0.15) is 0 Å². The van der Waals surface area contributed by atoms with Crippen LogP contribution in [0.4, 0.5) is 5.69 Å². The van der Waals surface area contributed by atoms with Crippen molar-refractivity contribution >= 4 is 11.6 Å². The van der Waals surface area contributed by atoms with Crippen LogP contribution in [-0.2, 0) is 0 Å². The van der Waals surface area contributed by atoms with Gasteiger partial charge in [-0.15, -0.1) is 5.10 Å². The van der Waals surface area contributed by atoms with E-state index in [4.69, 9.17) is 0 Å². The van der Waals surface area contributed by atoms with Gasteiger partial charge in [-0.1, -0.05) is 31.0 Å². The summed E-state index contributed by atoms with van der Waals surface area (Å²) in [5, 5.41) is 11.3. The number of benzene rings is 2. The van der Waals surface area contributed by atoms with Gasteiger partial charge in [0, 0.05) is 17.3 Å². The molecule has 0 spiro atoms. The lowest BCUT2D eigenvalue weighted by Crippen LogP contribution is -2.39. The number of carbonyl (C=O) groups is 1. The minimum Gasteiger partial charge on any atom is -0.305 e. The van der Waals surface area contributed by atoms with Gasteiger partial charge in [-0.3, -0.25) is 4.79 Å². The highest BCUT2D eigenvalue weighted by Crippen LogP contribution is 2.30. The lowest BCUT2D eigenvalue weighted by atomic mass is 10.1. The quantitative estimate of drug-likeness (QED) is 0.724. The van der Waals surface area contributed by atoms with Crippen molar-refractivity contribution in [3.05, 3.63) is 66.0 Å². The van der Waals surface area contributed by atoms with Gasteiger partial charge in [0.2, 0.25) is 0 Å². The zero-order chi connectivity index (χ0) is 17.9. The van der Waals surface area contributed by atoms with Crippen LogP contribution < -0.4 is 4.90 Å². The molecule has 1 aliphatic rings. The summed E-state index contributed by atoms with van der Waals surface area (Å²) in [6.45, 7) is 1.97. The van der Waals surface area contributed by atoms with E-state index in [-0.39, 0.29) is 11.9 Å². The summed E-state index contributed by atoms with van der Waals surface area (Å²) in [7, 11) is 0. The van der Waals surface area contributed by atoms with Crippen molar-refractivity contribution in [1.82, 2.24) is 20.2 Å². The van der Waals surface area contributed by atoms with Crippen LogP contribution in [-0.4, -0.2) is 32.2 Å². The molecule has 1 amide bonds. The monoisotopic (exact) mass is 347 g/mol. The Labute approximate surface area is 152 Å². The van der Waals surface area contributed by atoms with Crippen molar-refractivity contribution in [1.29, 1.82) is 0 Å². The van der Waals surface area contributed by atoms with Crippen molar-refractivity contribution in [3.8, 4) is 5.69 Å². The average molecular weight is 347 g/mol. The van der Waals surface area contributed by atoms with Crippen LogP contribution in [0.2, 0.25) is 0 Å². The number of anilines is 1. The summed E-state index contributed by atoms with van der Waals surface area (Å²) in [5.41, 5.74) is 3.49. The molecule has 0 saturated heterocycles. The second-order valence-corrected chi connectivity index (χ2v) is 6.70. The van der Waals surface area contributed by atoms with E-state index in [0.717, 1.165) is 29.8 Å². The number of tetrazole rings is 1. The maximum absolute atomic E-state index is 13.4. The molecule has 2 aromatic carbocycles. The largest absolute Gasteiger partial charge is 0.305 e. The molecule has 1 saturated carbocycles. The predicted molar refractivity (Wildman–Crippen MR) is 99.4 cm³/mol. The number of nitrogens with zero attached hydrogens (tertiary/aromatic N) is 5. The normalized spacial score (nSPS) is 14.5. The highest BCUT2D eigenvalue weighted by Gasteiger charge is 2.29. The van der Waals surface area contributed by atoms with Crippen LogP contribution in [0.25, 0.3) is 5.69 Å². The molecule has 132 valence electrons. The number of hydrogen-bond donors (Lipinski definition) is 0. The highest BCUT2D eigenvalue weighted by atomic mass is 16.2. The first kappa shape index (κ1) is 16.4. The molecule has 1 aliphatic carbocycles. The van der Waals surface area contributed by atoms with Gasteiger partial charge >= 0.3 is 0 Å². The summed E-state index contributed by atoms with van der Waals surface area (Å²) in [4.78, 5) is 15.3. The van der Waals surface area contributed by atoms with Gasteiger partial charge in [0.1, 0.15) is 6.33 Å². The Bertz CT molecular complexity index is 886. The van der Waals surface area contributed by atoms with E-state index in [1.165, 1.54) is 12.8 Å². The van der Waals surface area contributed by atoms with Crippen molar-refractivity contribution in [2.75, 3.05) is 4.90 Å². The van der Waals surface area contributed by atoms with Gasteiger partial charge in [-0.25, -0.2) is 4.68 Å². The lowest BCUT2D eigenvalue weighted by Gasteiger charge is -2.29. The van der Waals surface area contributed by atoms with Gasteiger partial charge in [0.25, 0.3) is 5.91 Å². The second kappa shape index (κ2) is 7.07. The first-order valence-electron chi connectivity index (χ1n) is 8.96. The summed E-state index contributed by atoms with van der Waals surface area (Å²) in [5.74, 6) is 0.0504. The fourth-order valence-electron chi connectivity index (χ4n) is 3.70. The molecule has 6 heteroatoms. The molecule has 1 heterocycles. The van der Waals surface area contributed by atoms with Gasteiger partial charge in [0.15, 0.2) is 0 Å². The molecule has 0 atom stereocenters. The van der Waals surface area contributed by atoms with Crippen LogP contribution in [0.5, 0.6) is 0 Å². The third-order valence-electron chi connectivity index (χ3n) is 4.98. The van der Waals surface area contributed by atoms with E-state index in [1.807, 2.05) is 60.4 Å². The van der Waals surface area contributed by atoms with E-state index in [2.05, 4.69) is 15.5 Å². The van der Waals surface area contributed by atoms with E-state index >= 15 is 0 Å². The molecule has 1 aromatic heterocycles. The molecule has 0 aliphatic heterocycles. The van der Waals surface area contributed by atoms with Crippen molar-refractivity contribution in [3.63, 3.8) is 0 Å². The maximum atomic E-state index is 13.4. The molecular weight excluding hydrogens is 326 g/mol. The number of hydrogen-bond acceptors (Lipinski definition) is 4. The number of aromatic nitrogens is 4. The molecule has 26 heavy (non-hydrogen) atoms. The van der Waals surface area contributed by atoms with E-state index < -0.39 is 0 Å². The topological polar surface area (TPSA) is 63.9 Å². The standard InChI is InChI=1S/C20H21N5O/c1-15-13-16(11-12-19(15)24-14-21-22-23-24)20(26)25(18-9-5-6-10-18)17-7-3-2-4-8-17/h2-4,7-8,11-14,18H,5-6,9-10H2,1H3. The molecule has 4 rings (SSSR count). The maximum Gasteiger partial charge on any atom is 0.258 e. The Morgan fingerprint density at radius 2 is 1.88 bits per heavy atom. The molecule has 6 nitrogen and oxygen atoms in total. The summed E-state index contributed by atoms with van der Waals surface area (Å²) in [6.07, 6.45) is 6.03. The van der Waals surface area contributed by atoms with Crippen LogP contribution in [0, 0.1) is 6.92 Å². The minimum absolute atomic E-state index is 0.0504. The van der Waals surface area contributed by atoms with Crippen LogP contribution >= 0.6 is 0 Å². The molecule has 0 unspecified atom stereocenters. The summed E-state index contributed by atoms with van der Waals surface area (Å²) >= 11 is 0. The van der Waals surface area contributed by atoms with Crippen LogP contribution in [0.1, 0.15) is 41.6 Å². The fraction of sp³-hybridized carbons (Fsp3) is 0.300. The molecule has 1 fully saturated rings. The third-order valence-corrected chi connectivity index (χ3v) is 4.98. The number of rotatable bonds is 4. The number of carbonyl (C=O) groups excluding carboxylic acids is 1. The smallest absolute Gasteiger partial charge is 0.258 e. The second-order valence-electron chi connectivity index (χ2n) is 6.70. The van der Waals surface area contributed by atoms with Crippen molar-refractivity contribution in [2.45, 2.75) is 38.6 Å². The van der Waals surface area contributed by atoms with E-state index in [0.29, 0.717) is 5.56 Å². The van der Waals surface area contributed by atoms with E-state index in [1.54, 1.807) is 11.0 Å². The average Bonchev–Trinajstić information content (AvgIpc) is 3.37. The Balaban J connectivity index is 1.68. The Morgan fingerprint density at radius 1 is 1.12 bits per heavy atom. The molecule has 3 aromatic rings. The lowest BCUT2D eigenvalue weighted by molar-refractivity contribution is 0.0977. The third kappa shape index (κ3) is 3.10. The number of aryl methyl sites for hydroxylation is 1. The molecule has 0 N–H and O–H groups in total. The van der Waals surface area contributed by atoms with Crippen LogP contribution in [0.3, 0.4) is 0 Å². The molecule has 0 bridgehead atoms. The highest BCUT2D eigenvalue weighted by molar-refractivity contribution is 6.06. The van der Waals surface area contributed by atoms with Gasteiger partial charge in [0.05, 0.1) is 5.69 Å². The first-order chi connectivity index (χ1) is 12.7. The van der Waals surface area contributed by atoms with Gasteiger partial charge in [-0.05, 0) is 66.1 Å². The molecule has 0 radical (unpaired) electrons. The Hall–Kier alpha value is -3.02. The van der Waals surface area contributed by atoms with E-state index in [9.17, 15) is 4.79 Å². The van der Waals surface area contributed by atoms with Gasteiger partial charge < -0.3 is 4.90 Å². The molecular formula is C20H21N5O. The van der Waals surface area contributed by atoms with Crippen molar-refractivity contribution < 1.29 is 4.79 Å². The Kier molecular flexibility index (Phi) is 4.48. The summed E-state index contributed by atoms with van der Waals surface area (Å²) in [6, 6.07) is 15.9. The summed E-state index contributed by atoms with van der Waals surface area (Å²) < 4.78 is 1.61. The Morgan fingerprint density at radius 3 is 2.54 bits per heavy atom. The number of amides is 1. The number of para-hydroxylation sites is 1. The fourth-order valence-corrected chi connectivity index (χ4v) is 3.70. The minimum atomic E-state index is 0.0504. The van der Waals surface area contributed by atoms with Crippen LogP contribution in [0.15, 0.2) is 54.9 Å². The predicted octanol–water partition coefficient (Wildman–Crippen LogP) is 3.56.